The van der Waals surface area contributed by atoms with Crippen molar-refractivity contribution < 1.29 is 12.9 Å². The van der Waals surface area contributed by atoms with Gasteiger partial charge < -0.3 is 4.52 Å². The first-order chi connectivity index (χ1) is 12.5. The topological polar surface area (TPSA) is 76.3 Å². The Morgan fingerprint density at radius 1 is 1.15 bits per heavy atom. The van der Waals surface area contributed by atoms with Crippen molar-refractivity contribution in [1.29, 1.82) is 0 Å². The van der Waals surface area contributed by atoms with Crippen LogP contribution >= 0.6 is 0 Å². The van der Waals surface area contributed by atoms with Crippen molar-refractivity contribution in [3.8, 4) is 11.4 Å². The molecule has 0 aliphatic heterocycles. The molecule has 6 nitrogen and oxygen atoms in total. The van der Waals surface area contributed by atoms with Crippen LogP contribution in [0.2, 0.25) is 0 Å². The lowest BCUT2D eigenvalue weighted by atomic mass is 10.1. The van der Waals surface area contributed by atoms with Crippen LogP contribution in [0.25, 0.3) is 11.4 Å². The summed E-state index contributed by atoms with van der Waals surface area (Å²) in [5.74, 6) is 0.655. The Kier molecular flexibility index (Phi) is 5.29. The molecule has 0 radical (unpaired) electrons. The van der Waals surface area contributed by atoms with Crippen LogP contribution in [0.5, 0.6) is 0 Å². The zero-order chi connectivity index (χ0) is 18.6. The van der Waals surface area contributed by atoms with E-state index in [0.29, 0.717) is 5.82 Å². The fourth-order valence-electron chi connectivity index (χ4n) is 2.50. The molecule has 1 aromatic heterocycles. The standard InChI is InChI=1S/C19H19N3O3S/c1-3-12-22(26(23,24)17-10-5-4-6-11-17)14-18-20-19(21-25-18)16-9-7-8-15(2)13-16/h3-11,13H,1,12,14H2,2H3. The van der Waals surface area contributed by atoms with Gasteiger partial charge in [-0.2, -0.15) is 9.29 Å². The molecule has 0 fully saturated rings. The lowest BCUT2D eigenvalue weighted by molar-refractivity contribution is 0.327. The largest absolute Gasteiger partial charge is 0.338 e. The molecule has 0 unspecified atom stereocenters. The number of benzene rings is 2. The predicted octanol–water partition coefficient (Wildman–Crippen LogP) is 3.42. The Bertz CT molecular complexity index is 998. The van der Waals surface area contributed by atoms with Crippen LogP contribution in [0.15, 0.2) is 76.7 Å². The van der Waals surface area contributed by atoms with Crippen molar-refractivity contribution in [2.75, 3.05) is 6.54 Å². The number of rotatable bonds is 7. The molecule has 7 heteroatoms. The third-order valence-electron chi connectivity index (χ3n) is 3.77. The fourth-order valence-corrected chi connectivity index (χ4v) is 3.89. The highest BCUT2D eigenvalue weighted by molar-refractivity contribution is 7.89. The molecule has 0 amide bonds. The number of aromatic nitrogens is 2. The third kappa shape index (κ3) is 3.89. The normalized spacial score (nSPS) is 11.6. The molecule has 26 heavy (non-hydrogen) atoms. The molecular formula is C19H19N3O3S. The SMILES string of the molecule is C=CCN(Cc1nc(-c2cccc(C)c2)no1)S(=O)(=O)c1ccccc1. The maximum atomic E-state index is 12.8. The van der Waals surface area contributed by atoms with Gasteiger partial charge in [-0.3, -0.25) is 0 Å². The maximum absolute atomic E-state index is 12.8. The minimum absolute atomic E-state index is 0.0257. The second-order valence-corrected chi connectivity index (χ2v) is 7.72. The summed E-state index contributed by atoms with van der Waals surface area (Å²) in [6, 6.07) is 15.9. The monoisotopic (exact) mass is 369 g/mol. The number of hydrogen-bond acceptors (Lipinski definition) is 5. The molecule has 0 atom stereocenters. The van der Waals surface area contributed by atoms with Crippen LogP contribution in [0.1, 0.15) is 11.5 Å². The highest BCUT2D eigenvalue weighted by Gasteiger charge is 2.25. The molecule has 134 valence electrons. The summed E-state index contributed by atoms with van der Waals surface area (Å²) in [5.41, 5.74) is 1.90. The summed E-state index contributed by atoms with van der Waals surface area (Å²) in [5, 5.41) is 3.96. The molecule has 3 rings (SSSR count). The molecule has 0 spiro atoms. The van der Waals surface area contributed by atoms with Crippen LogP contribution in [0.4, 0.5) is 0 Å². The van der Waals surface area contributed by atoms with Crippen molar-refractivity contribution in [2.45, 2.75) is 18.4 Å². The maximum Gasteiger partial charge on any atom is 0.243 e. The first kappa shape index (κ1) is 18.0. The lowest BCUT2D eigenvalue weighted by Gasteiger charge is -2.18. The molecule has 2 aromatic carbocycles. The zero-order valence-electron chi connectivity index (χ0n) is 14.4. The van der Waals surface area contributed by atoms with E-state index in [9.17, 15) is 8.42 Å². The molecular weight excluding hydrogens is 350 g/mol. The Labute approximate surface area is 152 Å². The Balaban J connectivity index is 1.86. The summed E-state index contributed by atoms with van der Waals surface area (Å²) in [6.45, 7) is 5.73. The summed E-state index contributed by atoms with van der Waals surface area (Å²) in [4.78, 5) is 4.54. The van der Waals surface area contributed by atoms with Gasteiger partial charge in [0.1, 0.15) is 0 Å². The first-order valence-electron chi connectivity index (χ1n) is 8.06. The van der Waals surface area contributed by atoms with Gasteiger partial charge in [0, 0.05) is 12.1 Å². The second kappa shape index (κ2) is 7.63. The lowest BCUT2D eigenvalue weighted by Crippen LogP contribution is -2.31. The van der Waals surface area contributed by atoms with E-state index in [2.05, 4.69) is 16.7 Å². The van der Waals surface area contributed by atoms with Gasteiger partial charge >= 0.3 is 0 Å². The Morgan fingerprint density at radius 2 is 1.92 bits per heavy atom. The van der Waals surface area contributed by atoms with Crippen molar-refractivity contribution in [3.63, 3.8) is 0 Å². The van der Waals surface area contributed by atoms with E-state index in [-0.39, 0.29) is 23.9 Å². The van der Waals surface area contributed by atoms with Gasteiger partial charge in [-0.1, -0.05) is 53.2 Å². The summed E-state index contributed by atoms with van der Waals surface area (Å²) >= 11 is 0. The smallest absolute Gasteiger partial charge is 0.243 e. The minimum Gasteiger partial charge on any atom is -0.338 e. The van der Waals surface area contributed by atoms with Gasteiger partial charge in [0.25, 0.3) is 0 Å². The zero-order valence-corrected chi connectivity index (χ0v) is 15.2. The van der Waals surface area contributed by atoms with Gasteiger partial charge in [-0.25, -0.2) is 8.42 Å². The van der Waals surface area contributed by atoms with E-state index in [1.807, 2.05) is 31.2 Å². The van der Waals surface area contributed by atoms with Crippen LogP contribution in [0.3, 0.4) is 0 Å². The highest BCUT2D eigenvalue weighted by atomic mass is 32.2. The quantitative estimate of drug-likeness (QED) is 0.597. The van der Waals surface area contributed by atoms with Gasteiger partial charge in [0.15, 0.2) is 0 Å². The summed E-state index contributed by atoms with van der Waals surface area (Å²) in [7, 11) is -3.69. The number of sulfonamides is 1. The van der Waals surface area contributed by atoms with E-state index in [0.717, 1.165) is 11.1 Å². The Morgan fingerprint density at radius 3 is 2.62 bits per heavy atom. The number of hydrogen-bond donors (Lipinski definition) is 0. The minimum atomic E-state index is -3.69. The van der Waals surface area contributed by atoms with E-state index < -0.39 is 10.0 Å². The molecule has 0 saturated heterocycles. The Hall–Kier alpha value is -2.77. The van der Waals surface area contributed by atoms with Crippen LogP contribution in [-0.2, 0) is 16.6 Å². The fraction of sp³-hybridized carbons (Fsp3) is 0.158. The van der Waals surface area contributed by atoms with E-state index >= 15 is 0 Å². The van der Waals surface area contributed by atoms with Gasteiger partial charge in [0.2, 0.25) is 21.7 Å². The van der Waals surface area contributed by atoms with Crippen molar-refractivity contribution >= 4 is 10.0 Å². The predicted molar refractivity (Wildman–Crippen MR) is 98.7 cm³/mol. The number of nitrogens with zero attached hydrogens (tertiary/aromatic N) is 3. The average molecular weight is 369 g/mol. The van der Waals surface area contributed by atoms with Crippen LogP contribution < -0.4 is 0 Å². The first-order valence-corrected chi connectivity index (χ1v) is 9.50. The molecule has 0 bridgehead atoms. The van der Waals surface area contributed by atoms with Gasteiger partial charge in [-0.15, -0.1) is 6.58 Å². The van der Waals surface area contributed by atoms with E-state index in [1.165, 1.54) is 10.4 Å². The van der Waals surface area contributed by atoms with E-state index in [1.54, 1.807) is 30.3 Å². The molecule has 3 aromatic rings. The molecule has 1 heterocycles. The van der Waals surface area contributed by atoms with Gasteiger partial charge in [-0.05, 0) is 25.1 Å². The summed E-state index contributed by atoms with van der Waals surface area (Å²) in [6.07, 6.45) is 1.53. The highest BCUT2D eigenvalue weighted by Crippen LogP contribution is 2.20. The van der Waals surface area contributed by atoms with Crippen molar-refractivity contribution in [2.24, 2.45) is 0 Å². The number of aryl methyl sites for hydroxylation is 1. The molecule has 0 aliphatic rings. The third-order valence-corrected chi connectivity index (χ3v) is 5.60. The van der Waals surface area contributed by atoms with Crippen LogP contribution in [-0.4, -0.2) is 29.4 Å². The van der Waals surface area contributed by atoms with E-state index in [4.69, 9.17) is 4.52 Å². The molecule has 0 N–H and O–H groups in total. The molecule has 0 aliphatic carbocycles. The average Bonchev–Trinajstić information content (AvgIpc) is 3.11. The second-order valence-electron chi connectivity index (χ2n) is 5.78. The van der Waals surface area contributed by atoms with Crippen molar-refractivity contribution in [1.82, 2.24) is 14.4 Å². The van der Waals surface area contributed by atoms with Gasteiger partial charge in [0.05, 0.1) is 11.4 Å². The molecule has 0 saturated carbocycles. The van der Waals surface area contributed by atoms with Crippen molar-refractivity contribution in [3.05, 3.63) is 78.7 Å². The van der Waals surface area contributed by atoms with Crippen LogP contribution in [0, 0.1) is 6.92 Å². The summed E-state index contributed by atoms with van der Waals surface area (Å²) < 4.78 is 32.2.